The van der Waals surface area contributed by atoms with E-state index in [0.717, 1.165) is 32.4 Å². The van der Waals surface area contributed by atoms with Gasteiger partial charge in [0.05, 0.1) is 0 Å². The molecule has 0 heterocycles. The van der Waals surface area contributed by atoms with Gasteiger partial charge in [0.2, 0.25) is 0 Å². The van der Waals surface area contributed by atoms with Crippen LogP contribution in [0.15, 0.2) is 0 Å². The second-order valence-electron chi connectivity index (χ2n) is 5.53. The van der Waals surface area contributed by atoms with Crippen LogP contribution >= 0.6 is 0 Å². The van der Waals surface area contributed by atoms with Crippen LogP contribution in [0.2, 0.25) is 0 Å². The summed E-state index contributed by atoms with van der Waals surface area (Å²) in [5, 5.41) is 0. The Labute approximate surface area is 102 Å². The highest BCUT2D eigenvalue weighted by Gasteiger charge is 2.21. The summed E-state index contributed by atoms with van der Waals surface area (Å²) in [5.41, 5.74) is 6.49. The molecule has 0 aliphatic rings. The fourth-order valence-electron chi connectivity index (χ4n) is 1.97. The molecule has 2 N–H and O–H groups in total. The fraction of sp³-hybridized carbons (Fsp3) is 1.00. The van der Waals surface area contributed by atoms with Crippen LogP contribution in [-0.4, -0.2) is 56.6 Å². The van der Waals surface area contributed by atoms with E-state index in [4.69, 9.17) is 5.73 Å². The van der Waals surface area contributed by atoms with Crippen molar-refractivity contribution in [1.82, 2.24) is 9.80 Å². The molecule has 0 atom stereocenters. The first kappa shape index (κ1) is 15.9. The molecule has 0 radical (unpaired) electrons. The normalized spacial score (nSPS) is 12.8. The maximum absolute atomic E-state index is 6.43. The minimum absolute atomic E-state index is 0.0615. The summed E-state index contributed by atoms with van der Waals surface area (Å²) >= 11 is 0. The van der Waals surface area contributed by atoms with Crippen molar-refractivity contribution in [3.8, 4) is 0 Å². The Hall–Kier alpha value is -0.120. The molecule has 0 aromatic rings. The van der Waals surface area contributed by atoms with Gasteiger partial charge in [-0.1, -0.05) is 6.92 Å². The predicted molar refractivity (Wildman–Crippen MR) is 72.8 cm³/mol. The summed E-state index contributed by atoms with van der Waals surface area (Å²) in [4.78, 5) is 4.46. The van der Waals surface area contributed by atoms with Crippen molar-refractivity contribution < 1.29 is 0 Å². The molecule has 3 nitrogen and oxygen atoms in total. The number of rotatable bonds is 9. The van der Waals surface area contributed by atoms with Crippen LogP contribution in [0.5, 0.6) is 0 Å². The number of hydrogen-bond acceptors (Lipinski definition) is 3. The van der Waals surface area contributed by atoms with Gasteiger partial charge in [0.15, 0.2) is 0 Å². The van der Waals surface area contributed by atoms with Crippen LogP contribution in [0.1, 0.15) is 39.0 Å². The second-order valence-corrected chi connectivity index (χ2v) is 5.53. The monoisotopic (exact) mass is 229 g/mol. The Balaban J connectivity index is 3.81. The van der Waals surface area contributed by atoms with Crippen molar-refractivity contribution in [3.05, 3.63) is 0 Å². The second kappa shape index (κ2) is 8.04. The van der Waals surface area contributed by atoms with E-state index in [-0.39, 0.29) is 5.54 Å². The molecule has 0 rings (SSSR count). The number of hydrogen-bond donors (Lipinski definition) is 1. The van der Waals surface area contributed by atoms with Gasteiger partial charge in [-0.3, -0.25) is 0 Å². The highest BCUT2D eigenvalue weighted by molar-refractivity contribution is 4.82. The average molecular weight is 229 g/mol. The molecular weight excluding hydrogens is 198 g/mol. The summed E-state index contributed by atoms with van der Waals surface area (Å²) in [6.45, 7) is 4.50. The predicted octanol–water partition coefficient (Wildman–Crippen LogP) is 1.78. The van der Waals surface area contributed by atoms with Gasteiger partial charge >= 0.3 is 0 Å². The number of nitrogens with two attached hydrogens (primary N) is 1. The van der Waals surface area contributed by atoms with Gasteiger partial charge in [0, 0.05) is 5.54 Å². The summed E-state index contributed by atoms with van der Waals surface area (Å²) in [6, 6.07) is 0. The van der Waals surface area contributed by atoms with Gasteiger partial charge in [-0.05, 0) is 73.4 Å². The van der Waals surface area contributed by atoms with E-state index in [9.17, 15) is 0 Å². The van der Waals surface area contributed by atoms with Crippen molar-refractivity contribution in [2.24, 2.45) is 5.73 Å². The lowest BCUT2D eigenvalue weighted by molar-refractivity contribution is 0.288. The van der Waals surface area contributed by atoms with E-state index in [1.807, 2.05) is 0 Å². The molecule has 0 unspecified atom stereocenters. The molecule has 0 amide bonds. The summed E-state index contributed by atoms with van der Waals surface area (Å²) in [6.07, 6.45) is 5.80. The van der Waals surface area contributed by atoms with E-state index in [1.54, 1.807) is 0 Å². The molecule has 0 aromatic carbocycles. The molecule has 0 aromatic heterocycles. The smallest absolute Gasteiger partial charge is 0.0152 e. The fourth-order valence-corrected chi connectivity index (χ4v) is 1.97. The molecule has 0 spiro atoms. The van der Waals surface area contributed by atoms with Crippen molar-refractivity contribution in [3.63, 3.8) is 0 Å². The van der Waals surface area contributed by atoms with Crippen molar-refractivity contribution in [2.45, 2.75) is 44.6 Å². The van der Waals surface area contributed by atoms with Crippen LogP contribution < -0.4 is 5.73 Å². The van der Waals surface area contributed by atoms with Gasteiger partial charge in [0.1, 0.15) is 0 Å². The minimum atomic E-state index is 0.0615. The highest BCUT2D eigenvalue weighted by atomic mass is 15.1. The van der Waals surface area contributed by atoms with Gasteiger partial charge in [-0.15, -0.1) is 0 Å². The van der Waals surface area contributed by atoms with E-state index in [0.29, 0.717) is 0 Å². The zero-order valence-corrected chi connectivity index (χ0v) is 11.9. The molecule has 0 bridgehead atoms. The molecule has 0 saturated carbocycles. The molecule has 98 valence electrons. The SMILES string of the molecule is CCC(N)(CCCN(C)C)CCCN(C)C. The molecule has 0 aliphatic carbocycles. The molecule has 3 heteroatoms. The average Bonchev–Trinajstić information content (AvgIpc) is 2.16. The van der Waals surface area contributed by atoms with E-state index < -0.39 is 0 Å². The zero-order valence-electron chi connectivity index (χ0n) is 11.9. The Bertz CT molecular complexity index is 153. The van der Waals surface area contributed by atoms with Crippen molar-refractivity contribution >= 4 is 0 Å². The third-order valence-electron chi connectivity index (χ3n) is 3.26. The van der Waals surface area contributed by atoms with Crippen molar-refractivity contribution in [1.29, 1.82) is 0 Å². The minimum Gasteiger partial charge on any atom is -0.325 e. The topological polar surface area (TPSA) is 32.5 Å². The van der Waals surface area contributed by atoms with E-state index in [2.05, 4.69) is 44.9 Å². The van der Waals surface area contributed by atoms with Crippen LogP contribution in [0, 0.1) is 0 Å². The Kier molecular flexibility index (Phi) is 7.98. The third-order valence-corrected chi connectivity index (χ3v) is 3.26. The molecular formula is C13H31N3. The first-order chi connectivity index (χ1) is 7.39. The number of nitrogens with zero attached hydrogens (tertiary/aromatic N) is 2. The maximum atomic E-state index is 6.43. The van der Waals surface area contributed by atoms with Crippen LogP contribution in [0.3, 0.4) is 0 Å². The lowest BCUT2D eigenvalue weighted by Gasteiger charge is -2.29. The largest absolute Gasteiger partial charge is 0.325 e. The van der Waals surface area contributed by atoms with Crippen LogP contribution in [0.25, 0.3) is 0 Å². The van der Waals surface area contributed by atoms with E-state index in [1.165, 1.54) is 12.8 Å². The summed E-state index contributed by atoms with van der Waals surface area (Å²) in [7, 11) is 8.48. The Morgan fingerprint density at radius 2 is 1.25 bits per heavy atom. The van der Waals surface area contributed by atoms with Gasteiger partial charge in [-0.2, -0.15) is 0 Å². The van der Waals surface area contributed by atoms with Crippen LogP contribution in [0.4, 0.5) is 0 Å². The third kappa shape index (κ3) is 8.08. The lowest BCUT2D eigenvalue weighted by atomic mass is 9.86. The first-order valence-corrected chi connectivity index (χ1v) is 6.48. The highest BCUT2D eigenvalue weighted by Crippen LogP contribution is 2.20. The Morgan fingerprint density at radius 1 is 0.875 bits per heavy atom. The van der Waals surface area contributed by atoms with Gasteiger partial charge < -0.3 is 15.5 Å². The van der Waals surface area contributed by atoms with Crippen molar-refractivity contribution in [2.75, 3.05) is 41.3 Å². The standard InChI is InChI=1S/C13H31N3/c1-6-13(14,9-7-11-15(2)3)10-8-12-16(4)5/h6-12,14H2,1-5H3. The molecule has 0 aliphatic heterocycles. The summed E-state index contributed by atoms with van der Waals surface area (Å²) in [5.74, 6) is 0. The van der Waals surface area contributed by atoms with E-state index >= 15 is 0 Å². The summed E-state index contributed by atoms with van der Waals surface area (Å²) < 4.78 is 0. The lowest BCUT2D eigenvalue weighted by Crippen LogP contribution is -2.40. The zero-order chi connectivity index (χ0) is 12.6. The van der Waals surface area contributed by atoms with Crippen LogP contribution in [-0.2, 0) is 0 Å². The van der Waals surface area contributed by atoms with Gasteiger partial charge in [-0.25, -0.2) is 0 Å². The molecule has 0 saturated heterocycles. The maximum Gasteiger partial charge on any atom is 0.0152 e. The molecule has 16 heavy (non-hydrogen) atoms. The Morgan fingerprint density at radius 3 is 1.50 bits per heavy atom. The van der Waals surface area contributed by atoms with Gasteiger partial charge in [0.25, 0.3) is 0 Å². The quantitative estimate of drug-likeness (QED) is 0.654. The molecule has 0 fully saturated rings. The first-order valence-electron chi connectivity index (χ1n) is 6.48.